The van der Waals surface area contributed by atoms with Crippen LogP contribution in [-0.4, -0.2) is 37.6 Å². The summed E-state index contributed by atoms with van der Waals surface area (Å²) in [6.45, 7) is 7.06. The topological polar surface area (TPSA) is 67.4 Å². The van der Waals surface area contributed by atoms with E-state index in [2.05, 4.69) is 10.6 Å². The highest BCUT2D eigenvalue weighted by Gasteiger charge is 2.48. The zero-order valence-corrected chi connectivity index (χ0v) is 11.7. The predicted octanol–water partition coefficient (Wildman–Crippen LogP) is 0.690. The van der Waals surface area contributed by atoms with Crippen LogP contribution >= 0.6 is 0 Å². The maximum Gasteiger partial charge on any atom is 0.224 e. The van der Waals surface area contributed by atoms with Gasteiger partial charge in [-0.15, -0.1) is 0 Å². The molecule has 104 valence electrons. The predicted molar refractivity (Wildman–Crippen MR) is 69.0 cm³/mol. The summed E-state index contributed by atoms with van der Waals surface area (Å²) in [6, 6.07) is 0. The van der Waals surface area contributed by atoms with E-state index < -0.39 is 0 Å². The summed E-state index contributed by atoms with van der Waals surface area (Å²) in [4.78, 5) is 23.5. The third-order valence-corrected chi connectivity index (χ3v) is 2.79. The van der Waals surface area contributed by atoms with Gasteiger partial charge in [-0.2, -0.15) is 0 Å². The summed E-state index contributed by atoms with van der Waals surface area (Å²) < 4.78 is 4.90. The Morgan fingerprint density at radius 3 is 2.39 bits per heavy atom. The first-order valence-electron chi connectivity index (χ1n) is 6.44. The molecule has 0 bridgehead atoms. The maximum atomic E-state index is 11.8. The number of hydrogen-bond acceptors (Lipinski definition) is 3. The maximum absolute atomic E-state index is 11.8. The second-order valence-electron chi connectivity index (χ2n) is 5.83. The standard InChI is InChI=1S/C13H24N2O3/c1-13(2,3)15-12(17)10-8-9(10)11(16)14-6-5-7-18-4/h9-10H,5-8H2,1-4H3,(H,14,16)(H,15,17). The molecule has 1 fully saturated rings. The normalized spacial score (nSPS) is 22.4. The van der Waals surface area contributed by atoms with Crippen LogP contribution in [0, 0.1) is 11.8 Å². The zero-order valence-electron chi connectivity index (χ0n) is 11.7. The minimum absolute atomic E-state index is 0.0137. The Labute approximate surface area is 109 Å². The molecule has 2 amide bonds. The second-order valence-corrected chi connectivity index (χ2v) is 5.83. The van der Waals surface area contributed by atoms with Gasteiger partial charge in [0.25, 0.3) is 0 Å². The fourth-order valence-corrected chi connectivity index (χ4v) is 1.80. The molecule has 0 saturated heterocycles. The summed E-state index contributed by atoms with van der Waals surface area (Å²) in [6.07, 6.45) is 1.46. The molecular formula is C13H24N2O3. The van der Waals surface area contributed by atoms with Crippen LogP contribution in [-0.2, 0) is 14.3 Å². The summed E-state index contributed by atoms with van der Waals surface area (Å²) in [5.41, 5.74) is -0.237. The second kappa shape index (κ2) is 6.18. The lowest BCUT2D eigenvalue weighted by Crippen LogP contribution is -2.42. The van der Waals surface area contributed by atoms with Crippen LogP contribution < -0.4 is 10.6 Å². The Morgan fingerprint density at radius 1 is 1.22 bits per heavy atom. The monoisotopic (exact) mass is 256 g/mol. The molecule has 18 heavy (non-hydrogen) atoms. The molecule has 0 radical (unpaired) electrons. The van der Waals surface area contributed by atoms with Gasteiger partial charge in [0.05, 0.1) is 11.8 Å². The smallest absolute Gasteiger partial charge is 0.224 e. The summed E-state index contributed by atoms with van der Waals surface area (Å²) in [5.74, 6) is -0.318. The number of hydrogen-bond donors (Lipinski definition) is 2. The molecule has 0 heterocycles. The number of rotatable bonds is 6. The molecule has 2 unspecified atom stereocenters. The molecule has 0 aliphatic heterocycles. The summed E-state index contributed by atoms with van der Waals surface area (Å²) in [5, 5.41) is 5.73. The Morgan fingerprint density at radius 2 is 1.83 bits per heavy atom. The zero-order chi connectivity index (χ0) is 13.8. The highest BCUT2D eigenvalue weighted by atomic mass is 16.5. The molecule has 1 aliphatic carbocycles. The first-order chi connectivity index (χ1) is 8.35. The summed E-state index contributed by atoms with van der Waals surface area (Å²) >= 11 is 0. The molecule has 1 rings (SSSR count). The van der Waals surface area contributed by atoms with Crippen LogP contribution in [0.1, 0.15) is 33.6 Å². The number of ether oxygens (including phenoxy) is 1. The SMILES string of the molecule is COCCCNC(=O)C1CC1C(=O)NC(C)(C)C. The van der Waals surface area contributed by atoms with Crippen molar-refractivity contribution in [3.8, 4) is 0 Å². The Bertz CT molecular complexity index is 310. The van der Waals surface area contributed by atoms with Gasteiger partial charge >= 0.3 is 0 Å². The van der Waals surface area contributed by atoms with Gasteiger partial charge in [0.15, 0.2) is 0 Å². The van der Waals surface area contributed by atoms with Crippen LogP contribution in [0.4, 0.5) is 0 Å². The van der Waals surface area contributed by atoms with E-state index in [1.807, 2.05) is 20.8 Å². The number of methoxy groups -OCH3 is 1. The van der Waals surface area contributed by atoms with Crippen molar-refractivity contribution in [2.24, 2.45) is 11.8 Å². The van der Waals surface area contributed by atoms with Gasteiger partial charge in [-0.05, 0) is 33.6 Å². The molecule has 2 atom stereocenters. The van der Waals surface area contributed by atoms with Crippen molar-refractivity contribution in [1.29, 1.82) is 0 Å². The molecule has 1 aliphatic rings. The quantitative estimate of drug-likeness (QED) is 0.687. The molecule has 2 N–H and O–H groups in total. The van der Waals surface area contributed by atoms with Gasteiger partial charge in [-0.25, -0.2) is 0 Å². The molecule has 1 saturated carbocycles. The van der Waals surface area contributed by atoms with Crippen LogP contribution in [0.15, 0.2) is 0 Å². The minimum Gasteiger partial charge on any atom is -0.385 e. The van der Waals surface area contributed by atoms with Crippen molar-refractivity contribution in [2.75, 3.05) is 20.3 Å². The number of carbonyl (C=O) groups excluding carboxylic acids is 2. The molecule has 0 aromatic heterocycles. The van der Waals surface area contributed by atoms with Gasteiger partial charge < -0.3 is 15.4 Å². The van der Waals surface area contributed by atoms with E-state index >= 15 is 0 Å². The largest absolute Gasteiger partial charge is 0.385 e. The molecule has 0 aromatic carbocycles. The molecular weight excluding hydrogens is 232 g/mol. The van der Waals surface area contributed by atoms with Gasteiger partial charge in [0.2, 0.25) is 11.8 Å². The van der Waals surface area contributed by atoms with E-state index in [4.69, 9.17) is 4.74 Å². The minimum atomic E-state index is -0.237. The van der Waals surface area contributed by atoms with Crippen LogP contribution in [0.5, 0.6) is 0 Å². The van der Waals surface area contributed by atoms with Crippen molar-refractivity contribution >= 4 is 11.8 Å². The van der Waals surface area contributed by atoms with Gasteiger partial charge in [-0.1, -0.05) is 0 Å². The van der Waals surface area contributed by atoms with E-state index in [9.17, 15) is 9.59 Å². The van der Waals surface area contributed by atoms with E-state index in [1.54, 1.807) is 7.11 Å². The van der Waals surface area contributed by atoms with Gasteiger partial charge in [0.1, 0.15) is 0 Å². The average molecular weight is 256 g/mol. The number of nitrogens with one attached hydrogen (secondary N) is 2. The molecule has 5 heteroatoms. The first kappa shape index (κ1) is 15.0. The Hall–Kier alpha value is -1.10. The lowest BCUT2D eigenvalue weighted by atomic mass is 10.1. The van der Waals surface area contributed by atoms with Crippen molar-refractivity contribution in [3.05, 3.63) is 0 Å². The highest BCUT2D eigenvalue weighted by Crippen LogP contribution is 2.39. The van der Waals surface area contributed by atoms with Crippen molar-refractivity contribution in [2.45, 2.75) is 39.2 Å². The van der Waals surface area contributed by atoms with Crippen LogP contribution in [0.2, 0.25) is 0 Å². The van der Waals surface area contributed by atoms with Crippen LogP contribution in [0.3, 0.4) is 0 Å². The van der Waals surface area contributed by atoms with Crippen molar-refractivity contribution in [3.63, 3.8) is 0 Å². The van der Waals surface area contributed by atoms with E-state index in [1.165, 1.54) is 0 Å². The Kier molecular flexibility index (Phi) is 5.14. The fraction of sp³-hybridized carbons (Fsp3) is 0.846. The van der Waals surface area contributed by atoms with Gasteiger partial charge in [0, 0.05) is 25.8 Å². The lowest BCUT2D eigenvalue weighted by Gasteiger charge is -2.20. The average Bonchev–Trinajstić information content (AvgIpc) is 3.01. The van der Waals surface area contributed by atoms with Crippen molar-refractivity contribution < 1.29 is 14.3 Å². The van der Waals surface area contributed by atoms with E-state index in [-0.39, 0.29) is 29.2 Å². The third kappa shape index (κ3) is 5.04. The summed E-state index contributed by atoms with van der Waals surface area (Å²) in [7, 11) is 1.63. The molecule has 0 spiro atoms. The third-order valence-electron chi connectivity index (χ3n) is 2.79. The molecule has 5 nitrogen and oxygen atoms in total. The van der Waals surface area contributed by atoms with E-state index in [0.717, 1.165) is 6.42 Å². The fourth-order valence-electron chi connectivity index (χ4n) is 1.80. The number of carbonyl (C=O) groups is 2. The van der Waals surface area contributed by atoms with E-state index in [0.29, 0.717) is 19.6 Å². The Balaban J connectivity index is 2.23. The van der Waals surface area contributed by atoms with Crippen molar-refractivity contribution in [1.82, 2.24) is 10.6 Å². The highest BCUT2D eigenvalue weighted by molar-refractivity contribution is 5.92. The molecule has 0 aromatic rings. The lowest BCUT2D eigenvalue weighted by molar-refractivity contribution is -0.128. The number of amides is 2. The van der Waals surface area contributed by atoms with Gasteiger partial charge in [-0.3, -0.25) is 9.59 Å². The first-order valence-corrected chi connectivity index (χ1v) is 6.44. The van der Waals surface area contributed by atoms with Crippen LogP contribution in [0.25, 0.3) is 0 Å².